The highest BCUT2D eigenvalue weighted by Gasteiger charge is 2.27. The summed E-state index contributed by atoms with van der Waals surface area (Å²) in [4.78, 5) is 30.2. The summed E-state index contributed by atoms with van der Waals surface area (Å²) in [7, 11) is 0. The van der Waals surface area contributed by atoms with Gasteiger partial charge >= 0.3 is 6.03 Å². The average molecular weight is 505 g/mol. The third-order valence-electron chi connectivity index (χ3n) is 5.92. The molecule has 0 radical (unpaired) electrons. The van der Waals surface area contributed by atoms with Gasteiger partial charge in [0.25, 0.3) is 5.69 Å². The van der Waals surface area contributed by atoms with Gasteiger partial charge in [-0.1, -0.05) is 29.3 Å². The molecular weight excluding hydrogens is 483 g/mol. The lowest BCUT2D eigenvalue weighted by molar-refractivity contribution is -0.384. The summed E-state index contributed by atoms with van der Waals surface area (Å²) in [6, 6.07) is 8.28. The molecule has 1 N–H and O–H groups in total. The van der Waals surface area contributed by atoms with Crippen LogP contribution in [0, 0.1) is 24.0 Å². The zero-order valence-corrected chi connectivity index (χ0v) is 20.4. The average Bonchev–Trinajstić information content (AvgIpc) is 3.28. The first kappa shape index (κ1) is 23.5. The van der Waals surface area contributed by atoms with Crippen molar-refractivity contribution in [3.63, 3.8) is 0 Å². The van der Waals surface area contributed by atoms with Crippen molar-refractivity contribution in [2.75, 3.05) is 18.4 Å². The Morgan fingerprint density at radius 1 is 1.15 bits per heavy atom. The minimum atomic E-state index is -0.470. The summed E-state index contributed by atoms with van der Waals surface area (Å²) in [5.74, 6) is 0.256. The molecule has 10 heteroatoms. The van der Waals surface area contributed by atoms with Crippen LogP contribution >= 0.6 is 34.5 Å². The molecule has 4 rings (SSSR count). The predicted molar refractivity (Wildman–Crippen MR) is 133 cm³/mol. The van der Waals surface area contributed by atoms with Crippen LogP contribution in [0.15, 0.2) is 35.7 Å². The fourth-order valence-corrected chi connectivity index (χ4v) is 5.14. The second-order valence-electron chi connectivity index (χ2n) is 8.10. The molecule has 1 fully saturated rings. The minimum absolute atomic E-state index is 0.0982. The van der Waals surface area contributed by atoms with Crippen LogP contribution in [0.5, 0.6) is 0 Å². The molecule has 0 aliphatic carbocycles. The first-order valence-electron chi connectivity index (χ1n) is 10.5. The number of nitrogens with zero attached hydrogens (tertiary/aromatic N) is 3. The van der Waals surface area contributed by atoms with Gasteiger partial charge in [-0.05, 0) is 56.0 Å². The first-order valence-corrected chi connectivity index (χ1v) is 12.1. The molecule has 0 unspecified atom stereocenters. The molecule has 2 heterocycles. The number of aryl methyl sites for hydroxylation is 2. The van der Waals surface area contributed by atoms with Gasteiger partial charge in [-0.2, -0.15) is 0 Å². The highest BCUT2D eigenvalue weighted by Crippen LogP contribution is 2.35. The number of piperidine rings is 1. The number of halogens is 2. The Morgan fingerprint density at radius 2 is 1.85 bits per heavy atom. The van der Waals surface area contributed by atoms with Crippen LogP contribution in [0.4, 0.5) is 16.2 Å². The molecule has 0 bridgehead atoms. The van der Waals surface area contributed by atoms with Gasteiger partial charge < -0.3 is 10.2 Å². The van der Waals surface area contributed by atoms with Crippen molar-refractivity contribution in [3.8, 4) is 11.3 Å². The Balaban J connectivity index is 1.40. The van der Waals surface area contributed by atoms with E-state index >= 15 is 0 Å². The molecule has 3 aromatic rings. The number of aromatic nitrogens is 1. The lowest BCUT2D eigenvalue weighted by Gasteiger charge is -2.31. The number of urea groups is 1. The smallest absolute Gasteiger partial charge is 0.322 e. The zero-order valence-electron chi connectivity index (χ0n) is 18.1. The Bertz CT molecular complexity index is 1220. The van der Waals surface area contributed by atoms with E-state index in [1.165, 1.54) is 6.07 Å². The Morgan fingerprint density at radius 3 is 2.52 bits per heavy atom. The van der Waals surface area contributed by atoms with Gasteiger partial charge in [0.05, 0.1) is 25.7 Å². The van der Waals surface area contributed by atoms with Crippen molar-refractivity contribution in [2.24, 2.45) is 0 Å². The summed E-state index contributed by atoms with van der Waals surface area (Å²) < 4.78 is 0. The summed E-state index contributed by atoms with van der Waals surface area (Å²) in [6.45, 7) is 4.78. The van der Waals surface area contributed by atoms with Gasteiger partial charge in [0.2, 0.25) is 0 Å². The Kier molecular flexibility index (Phi) is 6.88. The number of anilines is 1. The molecule has 1 aromatic heterocycles. The van der Waals surface area contributed by atoms with Gasteiger partial charge in [0.1, 0.15) is 5.69 Å². The first-order chi connectivity index (χ1) is 15.7. The van der Waals surface area contributed by atoms with Crippen molar-refractivity contribution < 1.29 is 9.72 Å². The van der Waals surface area contributed by atoms with E-state index in [0.717, 1.165) is 40.2 Å². The lowest BCUT2D eigenvalue weighted by Crippen LogP contribution is -2.40. The van der Waals surface area contributed by atoms with E-state index in [-0.39, 0.29) is 23.3 Å². The summed E-state index contributed by atoms with van der Waals surface area (Å²) in [5, 5.41) is 18.2. The lowest BCUT2D eigenvalue weighted by atomic mass is 9.98. The maximum Gasteiger partial charge on any atom is 0.322 e. The summed E-state index contributed by atoms with van der Waals surface area (Å²) >= 11 is 13.7. The molecule has 0 saturated carbocycles. The second-order valence-corrected chi connectivity index (χ2v) is 9.81. The van der Waals surface area contributed by atoms with Crippen LogP contribution in [0.25, 0.3) is 11.3 Å². The topological polar surface area (TPSA) is 88.4 Å². The van der Waals surface area contributed by atoms with E-state index in [9.17, 15) is 14.9 Å². The van der Waals surface area contributed by atoms with Crippen molar-refractivity contribution in [2.45, 2.75) is 32.6 Å². The van der Waals surface area contributed by atoms with E-state index in [0.29, 0.717) is 23.1 Å². The molecule has 0 atom stereocenters. The highest BCUT2D eigenvalue weighted by molar-refractivity contribution is 7.10. The number of nitro groups is 1. The van der Waals surface area contributed by atoms with Crippen LogP contribution in [0.3, 0.4) is 0 Å². The molecule has 1 aliphatic heterocycles. The SMILES string of the molecule is Cc1cc(NC(=O)N2CCC(c3nc(-c4ccc(Cl)c(Cl)c4)cs3)CC2)c([N+](=O)[O-])cc1C. The Labute approximate surface area is 205 Å². The van der Waals surface area contributed by atoms with Crippen LogP contribution in [0.1, 0.15) is 34.9 Å². The van der Waals surface area contributed by atoms with Crippen LogP contribution in [-0.4, -0.2) is 33.9 Å². The number of amides is 2. The molecule has 7 nitrogen and oxygen atoms in total. The van der Waals surface area contributed by atoms with Crippen molar-refractivity contribution in [1.82, 2.24) is 9.88 Å². The van der Waals surface area contributed by atoms with Crippen LogP contribution in [0.2, 0.25) is 10.0 Å². The summed E-state index contributed by atoms with van der Waals surface area (Å²) in [5.41, 5.74) is 3.59. The molecule has 172 valence electrons. The van der Waals surface area contributed by atoms with E-state index in [4.69, 9.17) is 28.2 Å². The van der Waals surface area contributed by atoms with Crippen LogP contribution < -0.4 is 5.32 Å². The molecular formula is C23H22Cl2N4O3S. The zero-order chi connectivity index (χ0) is 23.7. The fourth-order valence-electron chi connectivity index (χ4n) is 3.84. The van der Waals surface area contributed by atoms with Crippen LogP contribution in [-0.2, 0) is 0 Å². The number of nitrogens with one attached hydrogen (secondary N) is 1. The standard InChI is InChI=1S/C23H22Cl2N4O3S/c1-13-9-19(21(29(31)32)10-14(13)2)27-23(30)28-7-5-15(6-8-28)22-26-20(12-33-22)16-3-4-17(24)18(25)11-16/h3-4,9-12,15H,5-8H2,1-2H3,(H,27,30). The Hall–Kier alpha value is -2.68. The third kappa shape index (κ3) is 5.13. The number of carbonyl (C=O) groups is 1. The van der Waals surface area contributed by atoms with E-state index in [1.807, 2.05) is 31.4 Å². The molecule has 1 saturated heterocycles. The number of nitro benzene ring substituents is 1. The number of benzene rings is 2. The molecule has 0 spiro atoms. The third-order valence-corrected chi connectivity index (χ3v) is 7.67. The van der Waals surface area contributed by atoms with E-state index in [1.54, 1.807) is 28.4 Å². The van der Waals surface area contributed by atoms with E-state index in [2.05, 4.69) is 5.32 Å². The van der Waals surface area contributed by atoms with Gasteiger partial charge in [0, 0.05) is 36.0 Å². The monoisotopic (exact) mass is 504 g/mol. The normalized spacial score (nSPS) is 14.4. The molecule has 2 amide bonds. The van der Waals surface area contributed by atoms with Gasteiger partial charge in [-0.3, -0.25) is 10.1 Å². The van der Waals surface area contributed by atoms with E-state index < -0.39 is 4.92 Å². The second kappa shape index (κ2) is 9.67. The fraction of sp³-hybridized carbons (Fsp3) is 0.304. The number of thiazole rings is 1. The summed E-state index contributed by atoms with van der Waals surface area (Å²) in [6.07, 6.45) is 1.55. The molecule has 1 aliphatic rings. The maximum atomic E-state index is 12.8. The highest BCUT2D eigenvalue weighted by atomic mass is 35.5. The van der Waals surface area contributed by atoms with Crippen molar-refractivity contribution in [1.29, 1.82) is 0 Å². The number of likely N-dealkylation sites (tertiary alicyclic amines) is 1. The maximum absolute atomic E-state index is 12.8. The minimum Gasteiger partial charge on any atom is -0.324 e. The number of rotatable bonds is 4. The van der Waals surface area contributed by atoms with Gasteiger partial charge in [-0.25, -0.2) is 9.78 Å². The molecule has 2 aromatic carbocycles. The van der Waals surface area contributed by atoms with Crippen molar-refractivity contribution in [3.05, 3.63) is 72.0 Å². The predicted octanol–water partition coefficient (Wildman–Crippen LogP) is 7.05. The number of hydrogen-bond donors (Lipinski definition) is 1. The van der Waals surface area contributed by atoms with Gasteiger partial charge in [-0.15, -0.1) is 11.3 Å². The van der Waals surface area contributed by atoms with Gasteiger partial charge in [0.15, 0.2) is 0 Å². The molecule has 33 heavy (non-hydrogen) atoms. The number of hydrogen-bond acceptors (Lipinski definition) is 5. The number of carbonyl (C=O) groups excluding carboxylic acids is 1. The quantitative estimate of drug-likeness (QED) is 0.304. The largest absolute Gasteiger partial charge is 0.324 e. The van der Waals surface area contributed by atoms with Crippen molar-refractivity contribution >= 4 is 51.9 Å².